The van der Waals surface area contributed by atoms with Crippen molar-refractivity contribution in [3.8, 4) is 5.75 Å². The largest absolute Gasteiger partial charge is 1.00 e. The first-order chi connectivity index (χ1) is 11.0. The molecule has 0 amide bonds. The van der Waals surface area contributed by atoms with Gasteiger partial charge in [-0.25, -0.2) is 0 Å². The smallest absolute Gasteiger partial charge is 0.548 e. The molecule has 8 heteroatoms. The molecule has 0 radical (unpaired) electrons. The Morgan fingerprint density at radius 3 is 2.62 bits per heavy atom. The van der Waals surface area contributed by atoms with Crippen molar-refractivity contribution in [3.63, 3.8) is 0 Å². The van der Waals surface area contributed by atoms with E-state index in [0.29, 0.717) is 26.5 Å². The molecule has 2 aromatic carbocycles. The zero-order valence-electron chi connectivity index (χ0n) is 12.5. The molecule has 4 rings (SSSR count). The molecule has 0 bridgehead atoms. The molecule has 2 aliphatic heterocycles. The molecule has 0 fully saturated rings. The first-order valence-electron chi connectivity index (χ1n) is 6.89. The number of carboxylic acid groups (broad SMARTS) is 1. The number of halogens is 3. The second-order valence-corrected chi connectivity index (χ2v) is 6.76. The van der Waals surface area contributed by atoms with E-state index in [4.69, 9.17) is 39.5 Å². The number of carbonyl (C=O) groups excluding carboxylic acids is 1. The van der Waals surface area contributed by atoms with E-state index in [9.17, 15) is 9.90 Å². The summed E-state index contributed by atoms with van der Waals surface area (Å²) in [5.74, 6) is -1.13. The molecule has 3 unspecified atom stereocenters. The molecule has 0 spiro atoms. The third kappa shape index (κ3) is 2.70. The Bertz CT molecular complexity index is 846. The summed E-state index contributed by atoms with van der Waals surface area (Å²) < 4.78 is 5.85. The summed E-state index contributed by atoms with van der Waals surface area (Å²) in [6.45, 7) is 0. The second-order valence-electron chi connectivity index (χ2n) is 5.51. The molecule has 0 saturated carbocycles. The maximum absolute atomic E-state index is 11.6. The maximum atomic E-state index is 11.6. The number of carbonyl (C=O) groups is 1. The van der Waals surface area contributed by atoms with Gasteiger partial charge in [0.1, 0.15) is 17.9 Å². The van der Waals surface area contributed by atoms with Crippen LogP contribution in [0.2, 0.25) is 15.1 Å². The van der Waals surface area contributed by atoms with Gasteiger partial charge in [-0.3, -0.25) is 0 Å². The first-order valence-corrected chi connectivity index (χ1v) is 8.02. The Hall–Kier alpha value is -0.620. The third-order valence-electron chi connectivity index (χ3n) is 4.21. The van der Waals surface area contributed by atoms with Gasteiger partial charge in [-0.1, -0.05) is 46.9 Å². The first kappa shape index (κ1) is 18.2. The van der Waals surface area contributed by atoms with E-state index in [1.807, 2.05) is 6.07 Å². The molecule has 0 aliphatic carbocycles. The van der Waals surface area contributed by atoms with E-state index in [1.54, 1.807) is 24.3 Å². The van der Waals surface area contributed by atoms with Crippen LogP contribution in [0, 0.1) is 0 Å². The van der Waals surface area contributed by atoms with Crippen molar-refractivity contribution in [3.05, 3.63) is 56.5 Å². The van der Waals surface area contributed by atoms with Crippen molar-refractivity contribution in [1.82, 2.24) is 0 Å². The van der Waals surface area contributed by atoms with Crippen LogP contribution in [-0.2, 0) is 4.79 Å². The van der Waals surface area contributed by atoms with Gasteiger partial charge in [-0.05, 0) is 18.2 Å². The van der Waals surface area contributed by atoms with Gasteiger partial charge >= 0.3 is 29.6 Å². The molecular weight excluding hydrogens is 384 g/mol. The fraction of sp³-hybridized carbons (Fsp3) is 0.188. The average molecular weight is 393 g/mol. The van der Waals surface area contributed by atoms with Crippen LogP contribution >= 0.6 is 34.8 Å². The molecule has 24 heavy (non-hydrogen) atoms. The number of hydrogen-bond acceptors (Lipinski definition) is 4. The van der Waals surface area contributed by atoms with Crippen molar-refractivity contribution in [1.29, 1.82) is 0 Å². The summed E-state index contributed by atoms with van der Waals surface area (Å²) in [6, 6.07) is 7.60. The van der Waals surface area contributed by atoms with Crippen LogP contribution < -0.4 is 44.7 Å². The van der Waals surface area contributed by atoms with Crippen molar-refractivity contribution >= 4 is 46.5 Å². The molecule has 4 nitrogen and oxygen atoms in total. The Labute approximate surface area is 175 Å². The molecule has 2 heterocycles. The standard InChI is InChI=1S/C16H10Cl3NO3.Na/c17-6-4-9(19)12-10(5-6)20-13(16(21)22)15-11(12)7-2-1-3-8(18)14(7)23-15;/h1-5,11,13,15,20H,(H,21,22);/q;+1/p-1. The zero-order chi connectivity index (χ0) is 16.3. The summed E-state index contributed by atoms with van der Waals surface area (Å²) in [4.78, 5) is 11.6. The second kappa shape index (κ2) is 6.60. The minimum atomic E-state index is -1.26. The van der Waals surface area contributed by atoms with Gasteiger partial charge in [0.25, 0.3) is 0 Å². The Morgan fingerprint density at radius 2 is 1.92 bits per heavy atom. The molecule has 3 atom stereocenters. The van der Waals surface area contributed by atoms with Crippen LogP contribution in [0.4, 0.5) is 5.69 Å². The minimum Gasteiger partial charge on any atom is -0.548 e. The van der Waals surface area contributed by atoms with Crippen molar-refractivity contribution in [2.24, 2.45) is 0 Å². The molecule has 2 aromatic rings. The van der Waals surface area contributed by atoms with Crippen LogP contribution in [0.25, 0.3) is 0 Å². The van der Waals surface area contributed by atoms with Crippen LogP contribution in [0.1, 0.15) is 17.0 Å². The van der Waals surface area contributed by atoms with E-state index in [-0.39, 0.29) is 35.5 Å². The van der Waals surface area contributed by atoms with Crippen molar-refractivity contribution in [2.45, 2.75) is 18.1 Å². The van der Waals surface area contributed by atoms with Crippen molar-refractivity contribution < 1.29 is 44.2 Å². The predicted molar refractivity (Wildman–Crippen MR) is 86.6 cm³/mol. The maximum Gasteiger partial charge on any atom is 1.00 e. The van der Waals surface area contributed by atoms with E-state index in [2.05, 4.69) is 5.32 Å². The topological polar surface area (TPSA) is 61.4 Å². The van der Waals surface area contributed by atoms with Gasteiger partial charge in [-0.2, -0.15) is 0 Å². The quantitative estimate of drug-likeness (QED) is 0.699. The molecule has 1 N–H and O–H groups in total. The minimum absolute atomic E-state index is 0. The summed E-state index contributed by atoms with van der Waals surface area (Å²) in [7, 11) is 0. The van der Waals surface area contributed by atoms with E-state index in [0.717, 1.165) is 11.1 Å². The van der Waals surface area contributed by atoms with Crippen molar-refractivity contribution in [2.75, 3.05) is 5.32 Å². The number of aliphatic carboxylic acids is 1. The normalized spacial score (nSPS) is 23.0. The van der Waals surface area contributed by atoms with Gasteiger partial charge in [0, 0.05) is 26.9 Å². The average Bonchev–Trinajstić information content (AvgIpc) is 2.86. The number of para-hydroxylation sites is 1. The molecule has 2 aliphatic rings. The fourth-order valence-electron chi connectivity index (χ4n) is 3.32. The van der Waals surface area contributed by atoms with Gasteiger partial charge in [-0.15, -0.1) is 0 Å². The number of carboxylic acids is 1. The number of benzene rings is 2. The predicted octanol–water partition coefficient (Wildman–Crippen LogP) is 0.0877. The monoisotopic (exact) mass is 391 g/mol. The molecule has 118 valence electrons. The van der Waals surface area contributed by atoms with E-state index in [1.165, 1.54) is 0 Å². The van der Waals surface area contributed by atoms with Crippen LogP contribution in [0.5, 0.6) is 5.75 Å². The van der Waals surface area contributed by atoms with Gasteiger partial charge in [0.05, 0.1) is 16.9 Å². The third-order valence-corrected chi connectivity index (χ3v) is 5.04. The summed E-state index contributed by atoms with van der Waals surface area (Å²) >= 11 is 18.6. The van der Waals surface area contributed by atoms with Gasteiger partial charge in [0.2, 0.25) is 0 Å². The van der Waals surface area contributed by atoms with E-state index < -0.39 is 18.1 Å². The summed E-state index contributed by atoms with van der Waals surface area (Å²) in [5, 5.41) is 15.8. The zero-order valence-corrected chi connectivity index (χ0v) is 16.7. The van der Waals surface area contributed by atoms with Crippen LogP contribution in [0.3, 0.4) is 0 Å². The molecular formula is C16H9Cl3NNaO3. The Balaban J connectivity index is 0.00000169. The van der Waals surface area contributed by atoms with E-state index >= 15 is 0 Å². The molecule has 0 saturated heterocycles. The Morgan fingerprint density at radius 1 is 1.17 bits per heavy atom. The Kier molecular flexibility index (Phi) is 5.00. The van der Waals surface area contributed by atoms with Gasteiger partial charge in [0.15, 0.2) is 0 Å². The number of rotatable bonds is 1. The summed E-state index contributed by atoms with van der Waals surface area (Å²) in [5.41, 5.74) is 2.12. The summed E-state index contributed by atoms with van der Waals surface area (Å²) in [6.07, 6.45) is -0.693. The number of fused-ring (bicyclic) bond motifs is 5. The van der Waals surface area contributed by atoms with Gasteiger partial charge < -0.3 is 20.0 Å². The molecule has 0 aromatic heterocycles. The number of hydrogen-bond donors (Lipinski definition) is 1. The number of ether oxygens (including phenoxy) is 1. The SMILES string of the molecule is O=C([O-])C1Nc2cc(Cl)cc(Cl)c2C2c3cccc(Cl)c3OC12.[Na+]. The van der Waals surface area contributed by atoms with Crippen LogP contribution in [-0.4, -0.2) is 18.1 Å². The number of anilines is 1. The number of nitrogens with one attached hydrogen (secondary N) is 1. The fourth-order valence-corrected chi connectivity index (χ4v) is 4.16. The van der Waals surface area contributed by atoms with Crippen LogP contribution in [0.15, 0.2) is 30.3 Å².